The number of rotatable bonds is 7. The van der Waals surface area contributed by atoms with Gasteiger partial charge in [-0.1, -0.05) is 12.1 Å². The van der Waals surface area contributed by atoms with Crippen LogP contribution in [-0.4, -0.2) is 31.0 Å². The molecule has 21 heavy (non-hydrogen) atoms. The summed E-state index contributed by atoms with van der Waals surface area (Å²) in [5, 5.41) is 4.82. The minimum absolute atomic E-state index is 0.176. The van der Waals surface area contributed by atoms with Gasteiger partial charge in [0.2, 0.25) is 5.91 Å². The molecule has 0 saturated heterocycles. The van der Waals surface area contributed by atoms with Crippen molar-refractivity contribution in [3.05, 3.63) is 29.8 Å². The highest BCUT2D eigenvalue weighted by Gasteiger charge is 2.13. The lowest BCUT2D eigenvalue weighted by Crippen LogP contribution is -2.46. The van der Waals surface area contributed by atoms with E-state index in [0.29, 0.717) is 11.3 Å². The van der Waals surface area contributed by atoms with Gasteiger partial charge < -0.3 is 21.1 Å². The molecular weight excluding hydrogens is 284 g/mol. The van der Waals surface area contributed by atoms with Crippen molar-refractivity contribution in [3.8, 4) is 5.75 Å². The molecule has 0 spiro atoms. The van der Waals surface area contributed by atoms with Crippen LogP contribution in [0.1, 0.15) is 12.5 Å². The Morgan fingerprint density at radius 1 is 1.38 bits per heavy atom. The molecular formula is C13H17F2N3O3. The standard InChI is InChI=1S/C13H17F2N3O3/c1-8(18-13(16)20)12(19)17-6-9-3-2-4-10(5-9)21-7-11(14)15/h2-5,8,11H,6-7H2,1H3,(H,17,19)(H3,16,18,20)/t8-/m1/s1. The van der Waals surface area contributed by atoms with Crippen LogP contribution in [0.3, 0.4) is 0 Å². The van der Waals surface area contributed by atoms with Gasteiger partial charge >= 0.3 is 6.03 Å². The quantitative estimate of drug-likeness (QED) is 0.701. The Morgan fingerprint density at radius 2 is 2.10 bits per heavy atom. The van der Waals surface area contributed by atoms with Gasteiger partial charge in [0.05, 0.1) is 0 Å². The van der Waals surface area contributed by atoms with Crippen molar-refractivity contribution in [1.29, 1.82) is 0 Å². The number of hydrogen-bond acceptors (Lipinski definition) is 3. The van der Waals surface area contributed by atoms with Crippen LogP contribution in [0.4, 0.5) is 13.6 Å². The van der Waals surface area contributed by atoms with Gasteiger partial charge in [0.15, 0.2) is 0 Å². The predicted octanol–water partition coefficient (Wildman–Crippen LogP) is 1.00. The Bertz CT molecular complexity index is 497. The number of urea groups is 1. The SMILES string of the molecule is C[C@@H](NC(N)=O)C(=O)NCc1cccc(OCC(F)F)c1. The van der Waals surface area contributed by atoms with Crippen molar-refractivity contribution in [2.24, 2.45) is 5.73 Å². The second-order valence-electron chi connectivity index (χ2n) is 4.30. The molecule has 1 aromatic rings. The molecule has 0 heterocycles. The summed E-state index contributed by atoms with van der Waals surface area (Å²) in [5.41, 5.74) is 5.59. The fraction of sp³-hybridized carbons (Fsp3) is 0.385. The average Bonchev–Trinajstić information content (AvgIpc) is 2.42. The summed E-state index contributed by atoms with van der Waals surface area (Å²) in [5.74, 6) is -0.113. The van der Waals surface area contributed by atoms with Gasteiger partial charge in [-0.05, 0) is 24.6 Å². The summed E-state index contributed by atoms with van der Waals surface area (Å²) in [7, 11) is 0. The Balaban J connectivity index is 2.49. The molecule has 3 amide bonds. The lowest BCUT2D eigenvalue weighted by Gasteiger charge is -2.13. The molecule has 8 heteroatoms. The van der Waals surface area contributed by atoms with Crippen LogP contribution in [0.15, 0.2) is 24.3 Å². The van der Waals surface area contributed by atoms with Crippen molar-refractivity contribution in [2.45, 2.75) is 25.9 Å². The maximum Gasteiger partial charge on any atom is 0.312 e. The molecule has 116 valence electrons. The first-order valence-electron chi connectivity index (χ1n) is 6.22. The van der Waals surface area contributed by atoms with Crippen molar-refractivity contribution in [2.75, 3.05) is 6.61 Å². The zero-order valence-electron chi connectivity index (χ0n) is 11.4. The second-order valence-corrected chi connectivity index (χ2v) is 4.30. The number of hydrogen-bond donors (Lipinski definition) is 3. The molecule has 0 aliphatic rings. The van der Waals surface area contributed by atoms with E-state index in [0.717, 1.165) is 0 Å². The molecule has 0 aliphatic heterocycles. The molecule has 6 nitrogen and oxygen atoms in total. The van der Waals surface area contributed by atoms with E-state index in [-0.39, 0.29) is 6.54 Å². The van der Waals surface area contributed by atoms with Crippen molar-refractivity contribution in [1.82, 2.24) is 10.6 Å². The van der Waals surface area contributed by atoms with Gasteiger partial charge in [-0.15, -0.1) is 0 Å². The van der Waals surface area contributed by atoms with Crippen LogP contribution < -0.4 is 21.1 Å². The molecule has 0 aromatic heterocycles. The Labute approximate surface area is 120 Å². The van der Waals surface area contributed by atoms with Crippen LogP contribution in [0.2, 0.25) is 0 Å². The summed E-state index contributed by atoms with van der Waals surface area (Å²) in [6.07, 6.45) is -2.55. The van der Waals surface area contributed by atoms with E-state index in [2.05, 4.69) is 10.6 Å². The highest BCUT2D eigenvalue weighted by molar-refractivity contribution is 5.86. The molecule has 4 N–H and O–H groups in total. The number of carbonyl (C=O) groups is 2. The number of nitrogens with two attached hydrogens (primary N) is 1. The molecule has 0 saturated carbocycles. The minimum atomic E-state index is -2.55. The van der Waals surface area contributed by atoms with Crippen LogP contribution in [-0.2, 0) is 11.3 Å². The molecule has 0 aliphatic carbocycles. The molecule has 0 bridgehead atoms. The third-order valence-corrected chi connectivity index (χ3v) is 2.49. The number of alkyl halides is 2. The Morgan fingerprint density at radius 3 is 2.71 bits per heavy atom. The first kappa shape index (κ1) is 16.7. The Kier molecular flexibility index (Phi) is 6.38. The monoisotopic (exact) mass is 301 g/mol. The van der Waals surface area contributed by atoms with Crippen LogP contribution >= 0.6 is 0 Å². The summed E-state index contributed by atoms with van der Waals surface area (Å²) >= 11 is 0. The van der Waals surface area contributed by atoms with Crippen LogP contribution in [0, 0.1) is 0 Å². The first-order chi connectivity index (χ1) is 9.88. The number of primary amides is 1. The van der Waals surface area contributed by atoms with E-state index >= 15 is 0 Å². The fourth-order valence-electron chi connectivity index (χ4n) is 1.53. The van der Waals surface area contributed by atoms with Crippen molar-refractivity contribution >= 4 is 11.9 Å². The summed E-state index contributed by atoms with van der Waals surface area (Å²) in [6.45, 7) is 0.979. The maximum absolute atomic E-state index is 12.0. The molecule has 0 radical (unpaired) electrons. The highest BCUT2D eigenvalue weighted by Crippen LogP contribution is 2.14. The van der Waals surface area contributed by atoms with Crippen LogP contribution in [0.25, 0.3) is 0 Å². The summed E-state index contributed by atoms with van der Waals surface area (Å²) in [4.78, 5) is 22.3. The normalized spacial score (nSPS) is 11.8. The van der Waals surface area contributed by atoms with Gasteiger partial charge in [0, 0.05) is 6.54 Å². The first-order valence-corrected chi connectivity index (χ1v) is 6.22. The Hall–Kier alpha value is -2.38. The number of ether oxygens (including phenoxy) is 1. The molecule has 0 unspecified atom stereocenters. The second kappa shape index (κ2) is 8.03. The van der Waals surface area contributed by atoms with E-state index in [4.69, 9.17) is 10.5 Å². The van der Waals surface area contributed by atoms with Crippen LogP contribution in [0.5, 0.6) is 5.75 Å². The summed E-state index contributed by atoms with van der Waals surface area (Å²) in [6, 6.07) is 4.88. The van der Waals surface area contributed by atoms with Crippen molar-refractivity contribution < 1.29 is 23.1 Å². The van der Waals surface area contributed by atoms with Gasteiger partial charge in [0.1, 0.15) is 18.4 Å². The smallest absolute Gasteiger partial charge is 0.312 e. The van der Waals surface area contributed by atoms with Gasteiger partial charge in [-0.3, -0.25) is 4.79 Å². The highest BCUT2D eigenvalue weighted by atomic mass is 19.3. The van der Waals surface area contributed by atoms with E-state index < -0.39 is 31.0 Å². The molecule has 1 aromatic carbocycles. The predicted molar refractivity (Wildman–Crippen MR) is 72.0 cm³/mol. The zero-order valence-corrected chi connectivity index (χ0v) is 11.4. The molecule has 1 atom stereocenters. The number of carbonyl (C=O) groups excluding carboxylic acids is 2. The summed E-state index contributed by atoms with van der Waals surface area (Å²) < 4.78 is 29.0. The van der Waals surface area contributed by atoms with Gasteiger partial charge in [0.25, 0.3) is 6.43 Å². The number of amides is 3. The maximum atomic E-state index is 12.0. The third kappa shape index (κ3) is 6.55. The number of nitrogens with one attached hydrogen (secondary N) is 2. The third-order valence-electron chi connectivity index (χ3n) is 2.49. The molecule has 1 rings (SSSR count). The largest absolute Gasteiger partial charge is 0.488 e. The van der Waals surface area contributed by atoms with E-state index in [1.807, 2.05) is 0 Å². The number of halogens is 2. The lowest BCUT2D eigenvalue weighted by molar-refractivity contribution is -0.122. The van der Waals surface area contributed by atoms with Gasteiger partial charge in [-0.25, -0.2) is 13.6 Å². The fourth-order valence-corrected chi connectivity index (χ4v) is 1.53. The van der Waals surface area contributed by atoms with E-state index in [1.165, 1.54) is 6.92 Å². The lowest BCUT2D eigenvalue weighted by atomic mass is 10.2. The molecule has 0 fully saturated rings. The topological polar surface area (TPSA) is 93.5 Å². The number of benzene rings is 1. The zero-order chi connectivity index (χ0) is 15.8. The average molecular weight is 301 g/mol. The minimum Gasteiger partial charge on any atom is -0.488 e. The van der Waals surface area contributed by atoms with Crippen molar-refractivity contribution in [3.63, 3.8) is 0 Å². The van der Waals surface area contributed by atoms with Gasteiger partial charge in [-0.2, -0.15) is 0 Å². The van der Waals surface area contributed by atoms with E-state index in [1.54, 1.807) is 24.3 Å². The van der Waals surface area contributed by atoms with E-state index in [9.17, 15) is 18.4 Å².